The first-order chi connectivity index (χ1) is 18.7. The molecule has 2 nitrogen and oxygen atoms in total. The van der Waals surface area contributed by atoms with Crippen molar-refractivity contribution in [3.63, 3.8) is 0 Å². The van der Waals surface area contributed by atoms with Crippen LogP contribution in [0.1, 0.15) is 174 Å². The summed E-state index contributed by atoms with van der Waals surface area (Å²) < 4.78 is 0. The zero-order valence-electron chi connectivity index (χ0n) is 26.9. The van der Waals surface area contributed by atoms with Crippen molar-refractivity contribution in [3.05, 3.63) is 41.5 Å². The molecule has 1 aromatic carbocycles. The van der Waals surface area contributed by atoms with Gasteiger partial charge in [0.1, 0.15) is 0 Å². The molecule has 39 heavy (non-hydrogen) atoms. The summed E-state index contributed by atoms with van der Waals surface area (Å²) in [5.74, 6) is 2.02. The van der Waals surface area contributed by atoms with Gasteiger partial charge in [-0.1, -0.05) is 144 Å². The summed E-state index contributed by atoms with van der Waals surface area (Å²) in [6.45, 7) is 18.7. The fourth-order valence-electron chi connectivity index (χ4n) is 7.09. The molecule has 1 heterocycles. The second-order valence-electron chi connectivity index (χ2n) is 14.5. The maximum Gasteiger partial charge on any atom is 0.155 e. The van der Waals surface area contributed by atoms with Gasteiger partial charge in [-0.3, -0.25) is 0 Å². The fraction of sp³-hybridized carbons (Fsp3) is 0.784. The molecule has 0 fully saturated rings. The molecule has 1 aromatic rings. The van der Waals surface area contributed by atoms with Crippen LogP contribution in [0.4, 0.5) is 0 Å². The average Bonchev–Trinajstić information content (AvgIpc) is 3.28. The maximum absolute atomic E-state index is 6.53. The molecule has 0 radical (unpaired) electrons. The van der Waals surface area contributed by atoms with Crippen molar-refractivity contribution < 1.29 is 4.84 Å². The number of allylic oxidation sites excluding steroid dienone is 1. The summed E-state index contributed by atoms with van der Waals surface area (Å²) in [6.07, 6.45) is 26.9. The highest BCUT2D eigenvalue weighted by atomic mass is 16.7. The summed E-state index contributed by atoms with van der Waals surface area (Å²) in [5.41, 5.74) is 8.13. The van der Waals surface area contributed by atoms with Crippen molar-refractivity contribution >= 4 is 0 Å². The first-order valence-corrected chi connectivity index (χ1v) is 16.9. The van der Waals surface area contributed by atoms with E-state index in [0.717, 1.165) is 30.9 Å². The third kappa shape index (κ3) is 8.85. The van der Waals surface area contributed by atoms with Crippen LogP contribution in [-0.4, -0.2) is 0 Å². The second kappa shape index (κ2) is 15.1. The van der Waals surface area contributed by atoms with Crippen molar-refractivity contribution in [1.29, 1.82) is 0 Å². The maximum atomic E-state index is 6.53. The van der Waals surface area contributed by atoms with Crippen molar-refractivity contribution in [1.82, 2.24) is 5.48 Å². The molecular weight excluding hydrogens is 474 g/mol. The topological polar surface area (TPSA) is 21.3 Å². The molecule has 0 saturated carbocycles. The van der Waals surface area contributed by atoms with E-state index in [9.17, 15) is 0 Å². The van der Waals surface area contributed by atoms with Crippen LogP contribution in [0, 0.1) is 11.3 Å². The van der Waals surface area contributed by atoms with Gasteiger partial charge in [-0.15, -0.1) is 12.1 Å². The van der Waals surface area contributed by atoms with Crippen LogP contribution >= 0.6 is 0 Å². The van der Waals surface area contributed by atoms with Crippen LogP contribution in [0.5, 0.6) is 5.75 Å². The van der Waals surface area contributed by atoms with E-state index in [2.05, 4.69) is 71.8 Å². The number of hydrogen-bond acceptors (Lipinski definition) is 2. The quantitative estimate of drug-likeness (QED) is 0.377. The van der Waals surface area contributed by atoms with E-state index < -0.39 is 0 Å². The summed E-state index contributed by atoms with van der Waals surface area (Å²) in [7, 11) is 0. The highest BCUT2D eigenvalue weighted by Gasteiger charge is 2.42. The Morgan fingerprint density at radius 2 is 1.54 bits per heavy atom. The first kappa shape index (κ1) is 32.2. The second-order valence-corrected chi connectivity index (χ2v) is 14.5. The van der Waals surface area contributed by atoms with Gasteiger partial charge in [-0.25, -0.2) is 0 Å². The monoisotopic (exact) mass is 537 g/mol. The predicted molar refractivity (Wildman–Crippen MR) is 171 cm³/mol. The van der Waals surface area contributed by atoms with Crippen molar-refractivity contribution in [2.45, 2.75) is 174 Å². The SMILES string of the molecule is C=CC1(CC)CCCCCC(C)CCCCCCCCCC2(CCCC)NOc3c(cc(C(C)(C)C)cc32)C1. The lowest BCUT2D eigenvalue weighted by Crippen LogP contribution is -2.39. The van der Waals surface area contributed by atoms with Gasteiger partial charge >= 0.3 is 0 Å². The van der Waals surface area contributed by atoms with Gasteiger partial charge in [0.05, 0.1) is 5.54 Å². The van der Waals surface area contributed by atoms with Gasteiger partial charge in [-0.05, 0) is 66.0 Å². The Balaban J connectivity index is 1.97. The Hall–Kier alpha value is -1.28. The van der Waals surface area contributed by atoms with Crippen LogP contribution in [0.2, 0.25) is 0 Å². The van der Waals surface area contributed by atoms with Gasteiger partial charge in [0.15, 0.2) is 5.75 Å². The Kier molecular flexibility index (Phi) is 12.5. The molecule has 222 valence electrons. The zero-order chi connectivity index (χ0) is 28.4. The summed E-state index contributed by atoms with van der Waals surface area (Å²) in [4.78, 5) is 6.53. The van der Waals surface area contributed by atoms with E-state index in [-0.39, 0.29) is 16.4 Å². The number of benzene rings is 1. The Morgan fingerprint density at radius 1 is 0.923 bits per heavy atom. The molecule has 0 aromatic heterocycles. The lowest BCUT2D eigenvalue weighted by Gasteiger charge is -2.32. The minimum absolute atomic E-state index is 0.0563. The number of unbranched alkanes of at least 4 members (excludes halogenated alkanes) is 1. The van der Waals surface area contributed by atoms with Gasteiger partial charge in [0.2, 0.25) is 0 Å². The molecule has 1 aliphatic carbocycles. The minimum atomic E-state index is -0.0563. The normalized spacial score (nSPS) is 28.3. The largest absolute Gasteiger partial charge is 0.407 e. The molecule has 0 saturated heterocycles. The van der Waals surface area contributed by atoms with E-state index in [1.165, 1.54) is 119 Å². The zero-order valence-corrected chi connectivity index (χ0v) is 26.9. The minimum Gasteiger partial charge on any atom is -0.407 e. The summed E-state index contributed by atoms with van der Waals surface area (Å²) in [6, 6.07) is 4.98. The molecule has 0 spiro atoms. The molecule has 3 atom stereocenters. The van der Waals surface area contributed by atoms with Crippen LogP contribution in [0.15, 0.2) is 24.8 Å². The Bertz CT molecular complexity index is 882. The molecular formula is C37H63NO. The number of nitrogens with one attached hydrogen (secondary N) is 1. The molecule has 2 heteroatoms. The highest BCUT2D eigenvalue weighted by Crippen LogP contribution is 2.48. The van der Waals surface area contributed by atoms with Gasteiger partial charge < -0.3 is 4.84 Å². The van der Waals surface area contributed by atoms with Crippen molar-refractivity contribution in [3.8, 4) is 5.75 Å². The molecule has 4 bridgehead atoms. The average molecular weight is 538 g/mol. The third-order valence-corrected chi connectivity index (χ3v) is 10.2. The van der Waals surface area contributed by atoms with E-state index in [4.69, 9.17) is 4.84 Å². The molecule has 0 amide bonds. The van der Waals surface area contributed by atoms with Gasteiger partial charge in [-0.2, -0.15) is 0 Å². The van der Waals surface area contributed by atoms with E-state index in [1.807, 2.05) is 0 Å². The number of hydrogen-bond donors (Lipinski definition) is 1. The standard InChI is InChI=1S/C37H63NO/c1-8-11-25-37-26-21-16-14-12-13-15-18-22-30(4)23-19-17-20-24-36(9-2,10-3)29-31-27-32(35(5,6)7)28-33(37)34(31)39-38-37/h9,27-28,30,38H,2,8,10-26,29H2,1,3-7H3. The summed E-state index contributed by atoms with van der Waals surface area (Å²) in [5, 5.41) is 0. The number of rotatable bonds is 5. The number of hydroxylamine groups is 1. The molecule has 1 aliphatic heterocycles. The van der Waals surface area contributed by atoms with Gasteiger partial charge in [0, 0.05) is 5.56 Å². The first-order valence-electron chi connectivity index (χ1n) is 16.9. The van der Waals surface area contributed by atoms with Crippen LogP contribution in [0.3, 0.4) is 0 Å². The Morgan fingerprint density at radius 3 is 2.15 bits per heavy atom. The highest BCUT2D eigenvalue weighted by molar-refractivity contribution is 5.52. The molecule has 3 rings (SSSR count). The fourth-order valence-corrected chi connectivity index (χ4v) is 7.09. The Labute approximate surface area is 243 Å². The lowest BCUT2D eigenvalue weighted by atomic mass is 9.72. The van der Waals surface area contributed by atoms with E-state index in [0.29, 0.717) is 0 Å². The van der Waals surface area contributed by atoms with Crippen molar-refractivity contribution in [2.75, 3.05) is 0 Å². The van der Waals surface area contributed by atoms with E-state index >= 15 is 0 Å². The predicted octanol–water partition coefficient (Wildman–Crippen LogP) is 11.5. The van der Waals surface area contributed by atoms with Crippen LogP contribution in [-0.2, 0) is 17.4 Å². The van der Waals surface area contributed by atoms with E-state index in [1.54, 1.807) is 0 Å². The molecule has 3 unspecified atom stereocenters. The van der Waals surface area contributed by atoms with Crippen LogP contribution in [0.25, 0.3) is 0 Å². The molecule has 2 aliphatic rings. The van der Waals surface area contributed by atoms with Crippen molar-refractivity contribution in [2.24, 2.45) is 11.3 Å². The van der Waals surface area contributed by atoms with Gasteiger partial charge in [0.25, 0.3) is 0 Å². The smallest absolute Gasteiger partial charge is 0.155 e. The lowest BCUT2D eigenvalue weighted by molar-refractivity contribution is 0.108. The van der Waals surface area contributed by atoms with Crippen LogP contribution < -0.4 is 10.3 Å². The molecule has 1 N–H and O–H groups in total. The third-order valence-electron chi connectivity index (χ3n) is 10.2. The summed E-state index contributed by atoms with van der Waals surface area (Å²) >= 11 is 0.